The van der Waals surface area contributed by atoms with E-state index < -0.39 is 0 Å². The van der Waals surface area contributed by atoms with Crippen LogP contribution in [0.1, 0.15) is 43.0 Å². The quantitative estimate of drug-likeness (QED) is 0.725. The summed E-state index contributed by atoms with van der Waals surface area (Å²) in [6.45, 7) is 2.26. The molecule has 3 heterocycles. The Morgan fingerprint density at radius 3 is 2.70 bits per heavy atom. The van der Waals surface area contributed by atoms with E-state index in [0.29, 0.717) is 5.92 Å². The summed E-state index contributed by atoms with van der Waals surface area (Å²) < 4.78 is 7.51. The fourth-order valence-electron chi connectivity index (χ4n) is 3.95. The lowest BCUT2D eigenvalue weighted by atomic mass is 9.74. The van der Waals surface area contributed by atoms with Crippen LogP contribution in [-0.2, 0) is 10.2 Å². The van der Waals surface area contributed by atoms with E-state index in [1.807, 2.05) is 28.8 Å². The van der Waals surface area contributed by atoms with Crippen molar-refractivity contribution in [3.05, 3.63) is 52.8 Å². The summed E-state index contributed by atoms with van der Waals surface area (Å²) in [5, 5.41) is 17.7. The van der Waals surface area contributed by atoms with Crippen LogP contribution < -0.4 is 5.32 Å². The van der Waals surface area contributed by atoms with E-state index in [1.165, 1.54) is 18.4 Å². The number of nitrogens with zero attached hydrogens (tertiary/aromatic N) is 4. The van der Waals surface area contributed by atoms with Gasteiger partial charge in [0.15, 0.2) is 11.5 Å². The second-order valence-corrected chi connectivity index (χ2v) is 7.95. The largest absolute Gasteiger partial charge is 0.381 e. The van der Waals surface area contributed by atoms with Crippen LogP contribution in [0, 0.1) is 0 Å². The highest BCUT2D eigenvalue weighted by Gasteiger charge is 2.36. The van der Waals surface area contributed by atoms with E-state index in [-0.39, 0.29) is 5.41 Å². The first-order valence-corrected chi connectivity index (χ1v) is 9.92. The number of anilines is 1. The SMILES string of the molecule is Clc1ccccc1C1(CNc2ccc3nnc(C4CC4)n3n2)CCOCC1. The van der Waals surface area contributed by atoms with Crippen molar-refractivity contribution in [2.75, 3.05) is 25.1 Å². The van der Waals surface area contributed by atoms with Crippen molar-refractivity contribution in [1.29, 1.82) is 0 Å². The molecule has 2 aromatic heterocycles. The predicted molar refractivity (Wildman–Crippen MR) is 104 cm³/mol. The molecule has 1 aromatic carbocycles. The summed E-state index contributed by atoms with van der Waals surface area (Å²) >= 11 is 6.55. The molecule has 5 rings (SSSR count). The Morgan fingerprint density at radius 1 is 1.11 bits per heavy atom. The van der Waals surface area contributed by atoms with Crippen molar-refractivity contribution < 1.29 is 4.74 Å². The Labute approximate surface area is 162 Å². The van der Waals surface area contributed by atoms with Gasteiger partial charge < -0.3 is 10.1 Å². The third-order valence-corrected chi connectivity index (χ3v) is 6.06. The van der Waals surface area contributed by atoms with Crippen molar-refractivity contribution in [3.63, 3.8) is 0 Å². The third kappa shape index (κ3) is 3.17. The molecule has 3 aromatic rings. The van der Waals surface area contributed by atoms with Gasteiger partial charge in [0.05, 0.1) is 0 Å². The fourth-order valence-corrected chi connectivity index (χ4v) is 4.29. The van der Waals surface area contributed by atoms with Gasteiger partial charge in [0.1, 0.15) is 5.82 Å². The average molecular weight is 384 g/mol. The van der Waals surface area contributed by atoms with Crippen LogP contribution in [0.15, 0.2) is 36.4 Å². The van der Waals surface area contributed by atoms with Gasteiger partial charge in [-0.25, -0.2) is 0 Å². The van der Waals surface area contributed by atoms with Gasteiger partial charge in [-0.2, -0.15) is 4.52 Å². The molecule has 1 aliphatic heterocycles. The molecule has 0 bridgehead atoms. The van der Waals surface area contributed by atoms with Crippen molar-refractivity contribution >= 4 is 23.1 Å². The van der Waals surface area contributed by atoms with E-state index >= 15 is 0 Å². The number of hydrogen-bond acceptors (Lipinski definition) is 5. The lowest BCUT2D eigenvalue weighted by Crippen LogP contribution is -2.40. The number of halogens is 1. The van der Waals surface area contributed by atoms with Gasteiger partial charge in [-0.15, -0.1) is 15.3 Å². The molecule has 1 saturated carbocycles. The first-order valence-electron chi connectivity index (χ1n) is 9.54. The van der Waals surface area contributed by atoms with E-state index in [4.69, 9.17) is 21.4 Å². The first-order chi connectivity index (χ1) is 13.3. The molecule has 1 aliphatic carbocycles. The highest BCUT2D eigenvalue weighted by atomic mass is 35.5. The standard InChI is InChI=1S/C20H22ClN5O/c21-16-4-2-1-3-15(16)20(9-11-27-12-10-20)13-22-17-7-8-18-23-24-19(14-5-6-14)26(18)25-17/h1-4,7-8,14H,5-6,9-13H2,(H,22,25). The number of aromatic nitrogens is 4. The van der Waals surface area contributed by atoms with Crippen molar-refractivity contribution in [2.24, 2.45) is 0 Å². The van der Waals surface area contributed by atoms with E-state index in [0.717, 1.165) is 54.9 Å². The molecule has 0 spiro atoms. The molecule has 2 aliphatic rings. The van der Waals surface area contributed by atoms with Crippen LogP contribution in [0.5, 0.6) is 0 Å². The number of nitrogens with one attached hydrogen (secondary N) is 1. The molecule has 140 valence electrons. The normalized spacial score (nSPS) is 19.3. The average Bonchev–Trinajstić information content (AvgIpc) is 3.46. The monoisotopic (exact) mass is 383 g/mol. The second-order valence-electron chi connectivity index (χ2n) is 7.55. The van der Waals surface area contributed by atoms with Gasteiger partial charge in [0.2, 0.25) is 0 Å². The van der Waals surface area contributed by atoms with Crippen LogP contribution in [0.4, 0.5) is 5.82 Å². The molecule has 1 N–H and O–H groups in total. The molecule has 1 saturated heterocycles. The summed E-state index contributed by atoms with van der Waals surface area (Å²) in [7, 11) is 0. The van der Waals surface area contributed by atoms with Gasteiger partial charge in [-0.1, -0.05) is 29.8 Å². The Bertz CT molecular complexity index is 962. The zero-order chi connectivity index (χ0) is 18.3. The summed E-state index contributed by atoms with van der Waals surface area (Å²) in [4.78, 5) is 0. The number of fused-ring (bicyclic) bond motifs is 1. The third-order valence-electron chi connectivity index (χ3n) is 5.73. The minimum atomic E-state index is -0.0558. The lowest BCUT2D eigenvalue weighted by molar-refractivity contribution is 0.0544. The maximum absolute atomic E-state index is 6.55. The smallest absolute Gasteiger partial charge is 0.178 e. The van der Waals surface area contributed by atoms with Crippen LogP contribution in [0.2, 0.25) is 5.02 Å². The lowest BCUT2D eigenvalue weighted by Gasteiger charge is -2.38. The Hall–Kier alpha value is -2.18. The predicted octanol–water partition coefficient (Wildman–Crippen LogP) is 3.82. The Balaban J connectivity index is 1.43. The molecule has 6 nitrogen and oxygen atoms in total. The summed E-state index contributed by atoms with van der Waals surface area (Å²) in [6.07, 6.45) is 4.23. The molecule has 0 atom stereocenters. The van der Waals surface area contributed by atoms with Gasteiger partial charge in [-0.05, 0) is 49.4 Å². The van der Waals surface area contributed by atoms with Gasteiger partial charge >= 0.3 is 0 Å². The van der Waals surface area contributed by atoms with E-state index in [9.17, 15) is 0 Å². The van der Waals surface area contributed by atoms with Crippen molar-refractivity contribution in [3.8, 4) is 0 Å². The number of rotatable bonds is 5. The molecule has 0 unspecified atom stereocenters. The molecular weight excluding hydrogens is 362 g/mol. The zero-order valence-corrected chi connectivity index (χ0v) is 15.8. The minimum Gasteiger partial charge on any atom is -0.381 e. The van der Waals surface area contributed by atoms with Crippen LogP contribution in [0.25, 0.3) is 5.65 Å². The van der Waals surface area contributed by atoms with E-state index in [2.05, 4.69) is 27.6 Å². The van der Waals surface area contributed by atoms with Gasteiger partial charge in [-0.3, -0.25) is 0 Å². The van der Waals surface area contributed by atoms with Crippen molar-refractivity contribution in [2.45, 2.75) is 37.0 Å². The maximum Gasteiger partial charge on any atom is 0.178 e. The fraction of sp³-hybridized carbons (Fsp3) is 0.450. The number of benzene rings is 1. The van der Waals surface area contributed by atoms with E-state index in [1.54, 1.807) is 0 Å². The number of hydrogen-bond donors (Lipinski definition) is 1. The van der Waals surface area contributed by atoms with Crippen LogP contribution in [0.3, 0.4) is 0 Å². The molecule has 0 amide bonds. The topological polar surface area (TPSA) is 64.3 Å². The van der Waals surface area contributed by atoms with Gasteiger partial charge in [0, 0.05) is 36.1 Å². The summed E-state index contributed by atoms with van der Waals surface area (Å²) in [5.41, 5.74) is 1.93. The maximum atomic E-state index is 6.55. The Kier molecular flexibility index (Phi) is 4.25. The summed E-state index contributed by atoms with van der Waals surface area (Å²) in [5.74, 6) is 2.32. The zero-order valence-electron chi connectivity index (χ0n) is 15.1. The highest BCUT2D eigenvalue weighted by Crippen LogP contribution is 2.40. The molecule has 2 fully saturated rings. The van der Waals surface area contributed by atoms with Crippen LogP contribution in [-0.4, -0.2) is 39.6 Å². The van der Waals surface area contributed by atoms with Crippen LogP contribution >= 0.6 is 11.6 Å². The Morgan fingerprint density at radius 2 is 1.93 bits per heavy atom. The second kappa shape index (κ2) is 6.77. The minimum absolute atomic E-state index is 0.0558. The highest BCUT2D eigenvalue weighted by molar-refractivity contribution is 6.31. The molecule has 27 heavy (non-hydrogen) atoms. The molecule has 0 radical (unpaired) electrons. The van der Waals surface area contributed by atoms with Crippen molar-refractivity contribution in [1.82, 2.24) is 19.8 Å². The first kappa shape index (κ1) is 17.0. The number of ether oxygens (including phenoxy) is 1. The molecule has 7 heteroatoms. The summed E-state index contributed by atoms with van der Waals surface area (Å²) in [6, 6.07) is 12.1. The molecular formula is C20H22ClN5O. The van der Waals surface area contributed by atoms with Gasteiger partial charge in [0.25, 0.3) is 0 Å².